The maximum Gasteiger partial charge on any atom is 0.305 e. The van der Waals surface area contributed by atoms with Gasteiger partial charge in [0.25, 0.3) is 5.91 Å². The van der Waals surface area contributed by atoms with Crippen LogP contribution in [0, 0.1) is 0 Å². The van der Waals surface area contributed by atoms with Gasteiger partial charge in [0.05, 0.1) is 13.4 Å². The minimum atomic E-state index is -1.45. The van der Waals surface area contributed by atoms with Gasteiger partial charge in [0, 0.05) is 18.5 Å². The molecule has 13 heteroatoms. The number of ether oxygens (including phenoxy) is 2. The van der Waals surface area contributed by atoms with E-state index in [1.54, 1.807) is 20.8 Å². The number of aliphatic hydroxyl groups is 2. The number of imidazole rings is 1. The van der Waals surface area contributed by atoms with Crippen LogP contribution in [0.4, 0.5) is 11.8 Å². The van der Waals surface area contributed by atoms with E-state index in [4.69, 9.17) is 10.5 Å². The molecule has 1 saturated heterocycles. The Morgan fingerprint density at radius 1 is 1.10 bits per heavy atom. The first kappa shape index (κ1) is 28.2. The SMILES string of the molecule is COC(=O)CCc1ccc(CCNc2nc(N)c3ncn([C@@H]4O[C@H](C(=O)NC(C)(C)C)[C@@H](O)[C@H]4O)c3n2)cc1. The van der Waals surface area contributed by atoms with Crippen molar-refractivity contribution in [3.63, 3.8) is 0 Å². The second-order valence-electron chi connectivity index (χ2n) is 10.5. The van der Waals surface area contributed by atoms with E-state index in [9.17, 15) is 19.8 Å². The zero-order valence-corrected chi connectivity index (χ0v) is 22.4. The molecule has 1 fully saturated rings. The summed E-state index contributed by atoms with van der Waals surface area (Å²) < 4.78 is 11.9. The third kappa shape index (κ3) is 6.61. The van der Waals surface area contributed by atoms with Crippen molar-refractivity contribution in [3.8, 4) is 0 Å². The van der Waals surface area contributed by atoms with E-state index < -0.39 is 36.0 Å². The first-order valence-electron chi connectivity index (χ1n) is 12.7. The second kappa shape index (κ2) is 11.5. The van der Waals surface area contributed by atoms with Crippen LogP contribution in [0.2, 0.25) is 0 Å². The molecule has 1 aliphatic rings. The first-order valence-corrected chi connectivity index (χ1v) is 12.7. The summed E-state index contributed by atoms with van der Waals surface area (Å²) >= 11 is 0. The Hall–Kier alpha value is -3.81. The van der Waals surface area contributed by atoms with E-state index >= 15 is 0 Å². The lowest BCUT2D eigenvalue weighted by Crippen LogP contribution is -2.49. The molecule has 0 aliphatic carbocycles. The number of anilines is 2. The normalized spacial score (nSPS) is 21.2. The largest absolute Gasteiger partial charge is 0.469 e. The van der Waals surface area contributed by atoms with Crippen molar-refractivity contribution in [2.75, 3.05) is 24.7 Å². The molecule has 210 valence electrons. The fraction of sp³-hybridized carbons (Fsp3) is 0.500. The van der Waals surface area contributed by atoms with Gasteiger partial charge in [-0.3, -0.25) is 14.2 Å². The molecule has 1 amide bonds. The quantitative estimate of drug-likeness (QED) is 0.240. The van der Waals surface area contributed by atoms with E-state index in [0.29, 0.717) is 31.3 Å². The molecular formula is C26H35N7O6. The lowest BCUT2D eigenvalue weighted by atomic mass is 10.1. The summed E-state index contributed by atoms with van der Waals surface area (Å²) in [7, 11) is 1.38. The number of nitrogens with one attached hydrogen (secondary N) is 2. The Morgan fingerprint density at radius 2 is 1.77 bits per heavy atom. The monoisotopic (exact) mass is 541 g/mol. The number of carbonyl (C=O) groups is 2. The highest BCUT2D eigenvalue weighted by Crippen LogP contribution is 2.33. The molecule has 39 heavy (non-hydrogen) atoms. The van der Waals surface area contributed by atoms with Gasteiger partial charge in [0.2, 0.25) is 5.95 Å². The highest BCUT2D eigenvalue weighted by atomic mass is 16.6. The number of esters is 1. The highest BCUT2D eigenvalue weighted by Gasteiger charge is 2.48. The predicted octanol–water partition coefficient (Wildman–Crippen LogP) is 0.703. The number of nitrogens with zero attached hydrogens (tertiary/aromatic N) is 4. The van der Waals surface area contributed by atoms with Crippen LogP contribution in [-0.4, -0.2) is 79.1 Å². The van der Waals surface area contributed by atoms with Gasteiger partial charge in [0.1, 0.15) is 17.7 Å². The topological polar surface area (TPSA) is 187 Å². The van der Waals surface area contributed by atoms with Gasteiger partial charge in [-0.25, -0.2) is 4.98 Å². The molecule has 2 aromatic heterocycles. The fourth-order valence-corrected chi connectivity index (χ4v) is 4.29. The minimum Gasteiger partial charge on any atom is -0.469 e. The van der Waals surface area contributed by atoms with Crippen molar-refractivity contribution < 1.29 is 29.3 Å². The Balaban J connectivity index is 1.43. The number of carbonyl (C=O) groups excluding carboxylic acids is 2. The Morgan fingerprint density at radius 3 is 2.41 bits per heavy atom. The second-order valence-corrected chi connectivity index (χ2v) is 10.5. The molecule has 3 aromatic rings. The Bertz CT molecular complexity index is 1320. The summed E-state index contributed by atoms with van der Waals surface area (Å²) in [5.41, 5.74) is 8.29. The van der Waals surface area contributed by atoms with Crippen LogP contribution >= 0.6 is 0 Å². The van der Waals surface area contributed by atoms with Crippen molar-refractivity contribution in [2.24, 2.45) is 0 Å². The molecule has 1 aromatic carbocycles. The zero-order valence-electron chi connectivity index (χ0n) is 22.4. The number of benzene rings is 1. The van der Waals surface area contributed by atoms with Crippen molar-refractivity contribution in [2.45, 2.75) is 70.1 Å². The number of fused-ring (bicyclic) bond motifs is 1. The van der Waals surface area contributed by atoms with E-state index in [2.05, 4.69) is 30.3 Å². The molecule has 6 N–H and O–H groups in total. The summed E-state index contributed by atoms with van der Waals surface area (Å²) in [6, 6.07) is 7.96. The van der Waals surface area contributed by atoms with Gasteiger partial charge in [-0.15, -0.1) is 0 Å². The lowest BCUT2D eigenvalue weighted by molar-refractivity contribution is -0.140. The van der Waals surface area contributed by atoms with Gasteiger partial charge in [0.15, 0.2) is 23.8 Å². The van der Waals surface area contributed by atoms with Crippen LogP contribution in [0.5, 0.6) is 0 Å². The van der Waals surface area contributed by atoms with Crippen molar-refractivity contribution in [1.29, 1.82) is 0 Å². The van der Waals surface area contributed by atoms with Gasteiger partial charge in [-0.1, -0.05) is 24.3 Å². The average molecular weight is 542 g/mol. The smallest absolute Gasteiger partial charge is 0.305 e. The molecule has 4 rings (SSSR count). The van der Waals surface area contributed by atoms with E-state index in [1.165, 1.54) is 18.0 Å². The van der Waals surface area contributed by atoms with Crippen molar-refractivity contribution in [3.05, 3.63) is 41.7 Å². The number of nitrogens with two attached hydrogens (primary N) is 1. The Labute approximate surface area is 225 Å². The van der Waals surface area contributed by atoms with Crippen LogP contribution in [0.1, 0.15) is 44.5 Å². The number of aromatic nitrogens is 4. The van der Waals surface area contributed by atoms with E-state index in [1.807, 2.05) is 24.3 Å². The number of hydrogen-bond acceptors (Lipinski definition) is 11. The molecule has 1 aliphatic heterocycles. The maximum absolute atomic E-state index is 12.6. The standard InChI is InChI=1S/C26H35N7O6/c1-26(2,3)32-23(37)20-18(35)19(36)24(39-20)33-13-29-17-21(27)30-25(31-22(17)33)28-12-11-15-7-5-14(6-8-15)9-10-16(34)38-4/h5-8,13,18-20,24,35-36H,9-12H2,1-4H3,(H,32,37)(H3,27,28,30,31)/t18-,19+,20-,24+/m0/s1. The van der Waals surface area contributed by atoms with Gasteiger partial charge in [-0.2, -0.15) is 9.97 Å². The van der Waals surface area contributed by atoms with Crippen LogP contribution in [0.25, 0.3) is 11.2 Å². The number of nitrogen functional groups attached to an aromatic ring is 1. The average Bonchev–Trinajstić information content (AvgIpc) is 3.43. The molecule has 0 unspecified atom stereocenters. The van der Waals surface area contributed by atoms with E-state index in [-0.39, 0.29) is 23.4 Å². The summed E-state index contributed by atoms with van der Waals surface area (Å²) in [6.45, 7) is 5.93. The van der Waals surface area contributed by atoms with Gasteiger partial charge < -0.3 is 36.1 Å². The predicted molar refractivity (Wildman–Crippen MR) is 143 cm³/mol. The number of aryl methyl sites for hydroxylation is 1. The summed E-state index contributed by atoms with van der Waals surface area (Å²) in [6.07, 6.45) is -2.22. The summed E-state index contributed by atoms with van der Waals surface area (Å²) in [5, 5.41) is 27.1. The van der Waals surface area contributed by atoms with Gasteiger partial charge >= 0.3 is 5.97 Å². The number of hydrogen-bond donors (Lipinski definition) is 5. The molecule has 4 atom stereocenters. The molecule has 0 radical (unpaired) electrons. The third-order valence-electron chi connectivity index (χ3n) is 6.28. The van der Waals surface area contributed by atoms with Crippen LogP contribution < -0.4 is 16.4 Å². The lowest BCUT2D eigenvalue weighted by Gasteiger charge is -2.24. The van der Waals surface area contributed by atoms with Crippen LogP contribution in [0.3, 0.4) is 0 Å². The number of aliphatic hydroxyl groups excluding tert-OH is 2. The van der Waals surface area contributed by atoms with Crippen molar-refractivity contribution >= 4 is 34.8 Å². The molecule has 0 spiro atoms. The number of amides is 1. The fourth-order valence-electron chi connectivity index (χ4n) is 4.29. The minimum absolute atomic E-state index is 0.131. The molecular weight excluding hydrogens is 506 g/mol. The number of methoxy groups -OCH3 is 1. The number of rotatable bonds is 9. The van der Waals surface area contributed by atoms with Gasteiger partial charge in [-0.05, 0) is 44.7 Å². The highest BCUT2D eigenvalue weighted by molar-refractivity contribution is 5.84. The summed E-state index contributed by atoms with van der Waals surface area (Å²) in [4.78, 5) is 37.0. The Kier molecular flexibility index (Phi) is 8.33. The van der Waals surface area contributed by atoms with Crippen LogP contribution in [-0.2, 0) is 31.9 Å². The molecule has 13 nitrogen and oxygen atoms in total. The van der Waals surface area contributed by atoms with Crippen molar-refractivity contribution in [1.82, 2.24) is 24.8 Å². The molecule has 0 bridgehead atoms. The summed E-state index contributed by atoms with van der Waals surface area (Å²) in [5.74, 6) is -0.386. The zero-order chi connectivity index (χ0) is 28.3. The third-order valence-corrected chi connectivity index (χ3v) is 6.28. The molecule has 3 heterocycles. The van der Waals surface area contributed by atoms with E-state index in [0.717, 1.165) is 11.1 Å². The maximum atomic E-state index is 12.6. The molecule has 0 saturated carbocycles. The first-order chi connectivity index (χ1) is 18.5. The van der Waals surface area contributed by atoms with Crippen LogP contribution in [0.15, 0.2) is 30.6 Å².